The molecule has 0 aliphatic rings. The molecule has 23 heavy (non-hydrogen) atoms. The van der Waals surface area contributed by atoms with E-state index in [1.54, 1.807) is 32.2 Å². The molecule has 1 aromatic heterocycles. The second-order valence-corrected chi connectivity index (χ2v) is 4.54. The van der Waals surface area contributed by atoms with Crippen LogP contribution in [-0.2, 0) is 0 Å². The lowest BCUT2D eigenvalue weighted by molar-refractivity contribution is 0.0953. The van der Waals surface area contributed by atoms with Gasteiger partial charge in [0, 0.05) is 11.6 Å². The van der Waals surface area contributed by atoms with E-state index < -0.39 is 0 Å². The minimum Gasteiger partial charge on any atom is -0.496 e. The fourth-order valence-corrected chi connectivity index (χ4v) is 1.99. The molecule has 1 amide bonds. The number of aryl methyl sites for hydroxylation is 1. The third-order valence-electron chi connectivity index (χ3n) is 3.21. The molecule has 0 saturated heterocycles. The van der Waals surface area contributed by atoms with E-state index in [0.717, 1.165) is 0 Å². The molecule has 0 fully saturated rings. The molecule has 2 rings (SSSR count). The zero-order chi connectivity index (χ0) is 16.8. The van der Waals surface area contributed by atoms with Crippen molar-refractivity contribution in [1.82, 2.24) is 5.43 Å². The number of furan rings is 1. The van der Waals surface area contributed by atoms with E-state index in [-0.39, 0.29) is 5.91 Å². The summed E-state index contributed by atoms with van der Waals surface area (Å²) in [7, 11) is 4.61. The van der Waals surface area contributed by atoms with Gasteiger partial charge in [-0.1, -0.05) is 0 Å². The molecule has 7 heteroatoms. The molecule has 2 aromatic rings. The number of benzene rings is 1. The highest BCUT2D eigenvalue weighted by Gasteiger charge is 2.12. The highest BCUT2D eigenvalue weighted by molar-refractivity contribution is 5.96. The van der Waals surface area contributed by atoms with Crippen molar-refractivity contribution in [2.24, 2.45) is 5.10 Å². The van der Waals surface area contributed by atoms with Gasteiger partial charge in [0.25, 0.3) is 5.91 Å². The van der Waals surface area contributed by atoms with E-state index in [0.29, 0.717) is 34.1 Å². The molecular weight excluding hydrogens is 300 g/mol. The Labute approximate surface area is 133 Å². The van der Waals surface area contributed by atoms with Gasteiger partial charge in [-0.25, -0.2) is 5.43 Å². The first-order valence-electron chi connectivity index (χ1n) is 6.78. The third kappa shape index (κ3) is 3.63. The summed E-state index contributed by atoms with van der Waals surface area (Å²) in [6, 6.07) is 4.97. The molecule has 7 nitrogen and oxygen atoms in total. The lowest BCUT2D eigenvalue weighted by Gasteiger charge is -2.11. The number of carbonyl (C=O) groups excluding carboxylic acids is 1. The quantitative estimate of drug-likeness (QED) is 0.653. The highest BCUT2D eigenvalue weighted by Crippen LogP contribution is 2.33. The molecule has 1 N–H and O–H groups in total. The summed E-state index contributed by atoms with van der Waals surface area (Å²) in [5.74, 6) is 1.79. The topological polar surface area (TPSA) is 82.3 Å². The van der Waals surface area contributed by atoms with Crippen molar-refractivity contribution in [3.63, 3.8) is 0 Å². The molecule has 0 bridgehead atoms. The van der Waals surface area contributed by atoms with E-state index in [1.807, 2.05) is 0 Å². The Kier molecular flexibility index (Phi) is 5.24. The SMILES string of the molecule is COc1cc(OC)c(OC)cc1/C=N\NC(=O)c1ccoc1C. The number of nitrogens with one attached hydrogen (secondary N) is 1. The minimum atomic E-state index is -0.355. The number of methoxy groups -OCH3 is 3. The van der Waals surface area contributed by atoms with Crippen molar-refractivity contribution in [3.05, 3.63) is 41.3 Å². The molecule has 0 aliphatic heterocycles. The van der Waals surface area contributed by atoms with E-state index in [2.05, 4.69) is 10.5 Å². The molecule has 1 aromatic carbocycles. The lowest BCUT2D eigenvalue weighted by atomic mass is 10.2. The first-order chi connectivity index (χ1) is 11.1. The summed E-state index contributed by atoms with van der Waals surface area (Å²) >= 11 is 0. The number of carbonyl (C=O) groups is 1. The van der Waals surface area contributed by atoms with E-state index in [9.17, 15) is 4.79 Å². The van der Waals surface area contributed by atoms with Crippen molar-refractivity contribution < 1.29 is 23.4 Å². The molecular formula is C16H18N2O5. The number of hydrogen-bond acceptors (Lipinski definition) is 6. The van der Waals surface area contributed by atoms with Gasteiger partial charge < -0.3 is 18.6 Å². The monoisotopic (exact) mass is 318 g/mol. The number of amides is 1. The Hall–Kier alpha value is -2.96. The number of hydrazone groups is 1. The summed E-state index contributed by atoms with van der Waals surface area (Å²) in [4.78, 5) is 11.9. The second-order valence-electron chi connectivity index (χ2n) is 4.54. The van der Waals surface area contributed by atoms with Crippen LogP contribution in [0, 0.1) is 6.92 Å². The predicted molar refractivity (Wildman–Crippen MR) is 84.6 cm³/mol. The van der Waals surface area contributed by atoms with Gasteiger partial charge in [0.2, 0.25) is 0 Å². The van der Waals surface area contributed by atoms with E-state index >= 15 is 0 Å². The normalized spacial score (nSPS) is 10.6. The van der Waals surface area contributed by atoms with Crippen molar-refractivity contribution in [2.75, 3.05) is 21.3 Å². The Morgan fingerprint density at radius 1 is 1.13 bits per heavy atom. The van der Waals surface area contributed by atoms with Crippen molar-refractivity contribution >= 4 is 12.1 Å². The van der Waals surface area contributed by atoms with Crippen LogP contribution >= 0.6 is 0 Å². The Balaban J connectivity index is 2.18. The van der Waals surface area contributed by atoms with Crippen molar-refractivity contribution in [1.29, 1.82) is 0 Å². The molecule has 1 heterocycles. The van der Waals surface area contributed by atoms with Crippen LogP contribution < -0.4 is 19.6 Å². The summed E-state index contributed by atoms with van der Waals surface area (Å²) in [6.45, 7) is 1.70. The lowest BCUT2D eigenvalue weighted by Crippen LogP contribution is -2.17. The Morgan fingerprint density at radius 2 is 1.78 bits per heavy atom. The van der Waals surface area contributed by atoms with Crippen LogP contribution in [-0.4, -0.2) is 33.5 Å². The maximum absolute atomic E-state index is 11.9. The fraction of sp³-hybridized carbons (Fsp3) is 0.250. The van der Waals surface area contributed by atoms with E-state index in [1.165, 1.54) is 26.7 Å². The van der Waals surface area contributed by atoms with Gasteiger partial charge in [-0.15, -0.1) is 0 Å². The van der Waals surface area contributed by atoms with Crippen LogP contribution in [0.5, 0.6) is 17.2 Å². The van der Waals surface area contributed by atoms with Gasteiger partial charge >= 0.3 is 0 Å². The van der Waals surface area contributed by atoms with Crippen LogP contribution in [0.2, 0.25) is 0 Å². The predicted octanol–water partition coefficient (Wildman–Crippen LogP) is 2.38. The first-order valence-corrected chi connectivity index (χ1v) is 6.78. The number of nitrogens with zero attached hydrogens (tertiary/aromatic N) is 1. The number of rotatable bonds is 6. The molecule has 0 spiro atoms. The van der Waals surface area contributed by atoms with Gasteiger partial charge in [0.1, 0.15) is 11.5 Å². The molecule has 0 saturated carbocycles. The molecule has 122 valence electrons. The van der Waals surface area contributed by atoms with Crippen molar-refractivity contribution in [3.8, 4) is 17.2 Å². The van der Waals surface area contributed by atoms with Gasteiger partial charge in [0.15, 0.2) is 11.5 Å². The van der Waals surface area contributed by atoms with Crippen molar-refractivity contribution in [2.45, 2.75) is 6.92 Å². The first kappa shape index (κ1) is 16.4. The highest BCUT2D eigenvalue weighted by atomic mass is 16.5. The third-order valence-corrected chi connectivity index (χ3v) is 3.21. The fourth-order valence-electron chi connectivity index (χ4n) is 1.99. The number of hydrogen-bond donors (Lipinski definition) is 1. The maximum Gasteiger partial charge on any atom is 0.274 e. The summed E-state index contributed by atoms with van der Waals surface area (Å²) in [5.41, 5.74) is 3.50. The summed E-state index contributed by atoms with van der Waals surface area (Å²) in [6.07, 6.45) is 2.92. The number of ether oxygens (including phenoxy) is 3. The Morgan fingerprint density at radius 3 is 2.35 bits per heavy atom. The van der Waals surface area contributed by atoms with Crippen LogP contribution in [0.4, 0.5) is 0 Å². The average Bonchev–Trinajstić information content (AvgIpc) is 3.00. The Bertz CT molecular complexity index is 721. The smallest absolute Gasteiger partial charge is 0.274 e. The van der Waals surface area contributed by atoms with Gasteiger partial charge in [-0.05, 0) is 19.1 Å². The largest absolute Gasteiger partial charge is 0.496 e. The van der Waals surface area contributed by atoms with E-state index in [4.69, 9.17) is 18.6 Å². The summed E-state index contributed by atoms with van der Waals surface area (Å²) in [5, 5.41) is 3.94. The standard InChI is InChI=1S/C16H18N2O5/c1-10-12(5-6-23-10)16(19)18-17-9-11-7-14(21-3)15(22-4)8-13(11)20-2/h5-9H,1-4H3,(H,18,19)/b17-9-. The van der Waals surface area contributed by atoms with Crippen LogP contribution in [0.3, 0.4) is 0 Å². The zero-order valence-electron chi connectivity index (χ0n) is 13.4. The van der Waals surface area contributed by atoms with Crippen LogP contribution in [0.15, 0.2) is 34.0 Å². The van der Waals surface area contributed by atoms with Crippen LogP contribution in [0.25, 0.3) is 0 Å². The molecule has 0 aliphatic carbocycles. The maximum atomic E-state index is 11.9. The van der Waals surface area contributed by atoms with Gasteiger partial charge in [-0.2, -0.15) is 5.10 Å². The molecule has 0 atom stereocenters. The summed E-state index contributed by atoms with van der Waals surface area (Å²) < 4.78 is 20.8. The van der Waals surface area contributed by atoms with Gasteiger partial charge in [0.05, 0.1) is 39.4 Å². The molecule has 0 unspecified atom stereocenters. The average molecular weight is 318 g/mol. The molecule has 0 radical (unpaired) electrons. The van der Waals surface area contributed by atoms with Gasteiger partial charge in [-0.3, -0.25) is 4.79 Å². The minimum absolute atomic E-state index is 0.355. The van der Waals surface area contributed by atoms with Crippen LogP contribution in [0.1, 0.15) is 21.7 Å². The second kappa shape index (κ2) is 7.35. The zero-order valence-corrected chi connectivity index (χ0v) is 13.4.